The number of hydrogen-bond donors (Lipinski definition) is 3. The maximum atomic E-state index is 11.9. The summed E-state index contributed by atoms with van der Waals surface area (Å²) in [6.07, 6.45) is 1.43. The summed E-state index contributed by atoms with van der Waals surface area (Å²) in [5.74, 6) is -0.927. The lowest BCUT2D eigenvalue weighted by Gasteiger charge is -2.36. The minimum absolute atomic E-state index is 0.116. The molecular formula is C13H18N2O5. The van der Waals surface area contributed by atoms with E-state index in [-0.39, 0.29) is 24.9 Å². The Kier molecular flexibility index (Phi) is 3.99. The van der Waals surface area contributed by atoms with Crippen molar-refractivity contribution in [3.05, 3.63) is 23.7 Å². The maximum absolute atomic E-state index is 11.9. The molecule has 3 N–H and O–H groups in total. The molecule has 0 radical (unpaired) electrons. The lowest BCUT2D eigenvalue weighted by atomic mass is 9.95. The number of amides is 2. The number of β-amino-alcohol motifs (C(OH)–C–C–N with tert-alkyl or cyclic N) is 1. The second-order valence-corrected chi connectivity index (χ2v) is 5.25. The highest BCUT2D eigenvalue weighted by Gasteiger charge is 2.30. The molecule has 1 atom stereocenters. The molecule has 20 heavy (non-hydrogen) atoms. The molecule has 1 aliphatic heterocycles. The Morgan fingerprint density at radius 3 is 2.85 bits per heavy atom. The van der Waals surface area contributed by atoms with Gasteiger partial charge in [-0.3, -0.25) is 0 Å². The minimum atomic E-state index is -1.14. The van der Waals surface area contributed by atoms with Crippen molar-refractivity contribution in [2.24, 2.45) is 0 Å². The number of carboxylic acid groups (broad SMARTS) is 1. The zero-order valence-electron chi connectivity index (χ0n) is 11.3. The van der Waals surface area contributed by atoms with Crippen LogP contribution >= 0.6 is 0 Å². The van der Waals surface area contributed by atoms with Crippen LogP contribution in [0.4, 0.5) is 4.79 Å². The summed E-state index contributed by atoms with van der Waals surface area (Å²) in [5, 5.41) is 21.3. The first-order valence-corrected chi connectivity index (χ1v) is 6.44. The number of hydrogen-bond acceptors (Lipinski definition) is 4. The molecule has 110 valence electrons. The van der Waals surface area contributed by atoms with E-state index >= 15 is 0 Å². The Morgan fingerprint density at radius 2 is 2.25 bits per heavy atom. The second-order valence-electron chi connectivity index (χ2n) is 5.25. The molecule has 2 rings (SSSR count). The van der Waals surface area contributed by atoms with Gasteiger partial charge in [0.15, 0.2) is 0 Å². The molecule has 0 saturated carbocycles. The van der Waals surface area contributed by atoms with Gasteiger partial charge in [-0.15, -0.1) is 0 Å². The van der Waals surface area contributed by atoms with Crippen LogP contribution in [0.25, 0.3) is 0 Å². The highest BCUT2D eigenvalue weighted by Crippen LogP contribution is 2.20. The lowest BCUT2D eigenvalue weighted by molar-refractivity contribution is -0.00258. The lowest BCUT2D eigenvalue weighted by Crippen LogP contribution is -2.51. The van der Waals surface area contributed by atoms with Crippen LogP contribution in [0.5, 0.6) is 0 Å². The number of carbonyl (C=O) groups is 2. The first-order chi connectivity index (χ1) is 9.37. The highest BCUT2D eigenvalue weighted by atomic mass is 16.4. The summed E-state index contributed by atoms with van der Waals surface area (Å²) >= 11 is 0. The topological polar surface area (TPSA) is 103 Å². The monoisotopic (exact) mass is 282 g/mol. The summed E-state index contributed by atoms with van der Waals surface area (Å²) < 4.78 is 5.04. The van der Waals surface area contributed by atoms with Crippen LogP contribution in [0.2, 0.25) is 0 Å². The van der Waals surface area contributed by atoms with Crippen molar-refractivity contribution < 1.29 is 24.2 Å². The zero-order chi connectivity index (χ0) is 14.8. The molecule has 1 aliphatic rings. The van der Waals surface area contributed by atoms with E-state index in [1.54, 1.807) is 11.8 Å². The molecule has 0 aliphatic carbocycles. The maximum Gasteiger partial charge on any atom is 0.371 e. The largest absolute Gasteiger partial charge is 0.475 e. The third kappa shape index (κ3) is 3.51. The Balaban J connectivity index is 1.86. The smallest absolute Gasteiger partial charge is 0.371 e. The Bertz CT molecular complexity index is 509. The molecular weight excluding hydrogens is 264 g/mol. The van der Waals surface area contributed by atoms with Gasteiger partial charge in [-0.05, 0) is 31.9 Å². The molecule has 2 amide bonds. The van der Waals surface area contributed by atoms with E-state index in [0.717, 1.165) is 6.42 Å². The molecule has 1 unspecified atom stereocenters. The van der Waals surface area contributed by atoms with Gasteiger partial charge in [-0.1, -0.05) is 0 Å². The Labute approximate surface area is 116 Å². The molecule has 0 bridgehead atoms. The van der Waals surface area contributed by atoms with E-state index in [4.69, 9.17) is 9.52 Å². The number of piperidine rings is 1. The molecule has 1 fully saturated rings. The number of rotatable bonds is 3. The van der Waals surface area contributed by atoms with Gasteiger partial charge in [0.1, 0.15) is 5.76 Å². The average molecular weight is 282 g/mol. The van der Waals surface area contributed by atoms with Crippen molar-refractivity contribution in [1.29, 1.82) is 0 Å². The van der Waals surface area contributed by atoms with Gasteiger partial charge in [0.25, 0.3) is 0 Å². The molecule has 7 heteroatoms. The second kappa shape index (κ2) is 5.54. The molecule has 0 aromatic carbocycles. The van der Waals surface area contributed by atoms with Gasteiger partial charge >= 0.3 is 12.0 Å². The van der Waals surface area contributed by atoms with Crippen molar-refractivity contribution in [2.45, 2.75) is 31.9 Å². The summed E-state index contributed by atoms with van der Waals surface area (Å²) in [6, 6.07) is 2.56. The van der Waals surface area contributed by atoms with Crippen LogP contribution in [-0.2, 0) is 6.54 Å². The quantitative estimate of drug-likeness (QED) is 0.768. The van der Waals surface area contributed by atoms with E-state index in [1.165, 1.54) is 12.1 Å². The molecule has 7 nitrogen and oxygen atoms in total. The number of aliphatic hydroxyl groups is 1. The SMILES string of the molecule is CC1(O)CCCN(C(=O)NCc2ccc(C(=O)O)o2)C1. The first kappa shape index (κ1) is 14.4. The summed E-state index contributed by atoms with van der Waals surface area (Å²) in [4.78, 5) is 24.1. The number of nitrogens with zero attached hydrogens (tertiary/aromatic N) is 1. The van der Waals surface area contributed by atoms with Crippen LogP contribution in [0.1, 0.15) is 36.1 Å². The van der Waals surface area contributed by atoms with Gasteiger partial charge in [0.2, 0.25) is 5.76 Å². The Hall–Kier alpha value is -2.02. The summed E-state index contributed by atoms with van der Waals surface area (Å²) in [7, 11) is 0. The molecule has 2 heterocycles. The van der Waals surface area contributed by atoms with E-state index in [1.807, 2.05) is 0 Å². The highest BCUT2D eigenvalue weighted by molar-refractivity contribution is 5.84. The summed E-state index contributed by atoms with van der Waals surface area (Å²) in [6.45, 7) is 2.71. The minimum Gasteiger partial charge on any atom is -0.475 e. The van der Waals surface area contributed by atoms with Crippen LogP contribution in [0.15, 0.2) is 16.5 Å². The number of carbonyl (C=O) groups excluding carboxylic acids is 1. The molecule has 0 spiro atoms. The fourth-order valence-corrected chi connectivity index (χ4v) is 2.26. The first-order valence-electron chi connectivity index (χ1n) is 6.44. The van der Waals surface area contributed by atoms with Crippen LogP contribution in [-0.4, -0.2) is 45.8 Å². The zero-order valence-corrected chi connectivity index (χ0v) is 11.3. The fourth-order valence-electron chi connectivity index (χ4n) is 2.26. The van der Waals surface area contributed by atoms with E-state index < -0.39 is 11.6 Å². The van der Waals surface area contributed by atoms with Crippen LogP contribution in [0.3, 0.4) is 0 Å². The van der Waals surface area contributed by atoms with Crippen LogP contribution < -0.4 is 5.32 Å². The van der Waals surface area contributed by atoms with Crippen molar-refractivity contribution in [3.8, 4) is 0 Å². The average Bonchev–Trinajstić information content (AvgIpc) is 2.83. The predicted molar refractivity (Wildman–Crippen MR) is 69.3 cm³/mol. The molecule has 1 aromatic rings. The number of carboxylic acids is 1. The third-order valence-corrected chi connectivity index (χ3v) is 3.25. The number of furan rings is 1. The van der Waals surface area contributed by atoms with Gasteiger partial charge < -0.3 is 24.8 Å². The predicted octanol–water partition coefficient (Wildman–Crippen LogP) is 1.03. The Morgan fingerprint density at radius 1 is 1.50 bits per heavy atom. The standard InChI is InChI=1S/C13H18N2O5/c1-13(19)5-2-6-15(8-13)12(18)14-7-9-3-4-10(20-9)11(16)17/h3-4,19H,2,5-8H2,1H3,(H,14,18)(H,16,17). The number of urea groups is 1. The van der Waals surface area contributed by atoms with Crippen molar-refractivity contribution in [1.82, 2.24) is 10.2 Å². The van der Waals surface area contributed by atoms with Gasteiger partial charge in [0, 0.05) is 6.54 Å². The van der Waals surface area contributed by atoms with Crippen LogP contribution in [0, 0.1) is 0 Å². The number of nitrogens with one attached hydrogen (secondary N) is 1. The normalized spacial score (nSPS) is 22.6. The van der Waals surface area contributed by atoms with Gasteiger partial charge in [-0.2, -0.15) is 0 Å². The molecule has 1 aromatic heterocycles. The third-order valence-electron chi connectivity index (χ3n) is 3.25. The van der Waals surface area contributed by atoms with Crippen molar-refractivity contribution >= 4 is 12.0 Å². The van der Waals surface area contributed by atoms with E-state index in [0.29, 0.717) is 18.7 Å². The summed E-state index contributed by atoms with van der Waals surface area (Å²) in [5.41, 5.74) is -0.850. The molecule has 1 saturated heterocycles. The van der Waals surface area contributed by atoms with Gasteiger partial charge in [-0.25, -0.2) is 9.59 Å². The van der Waals surface area contributed by atoms with E-state index in [2.05, 4.69) is 5.32 Å². The number of aromatic carboxylic acids is 1. The van der Waals surface area contributed by atoms with Crippen molar-refractivity contribution in [2.75, 3.05) is 13.1 Å². The van der Waals surface area contributed by atoms with Gasteiger partial charge in [0.05, 0.1) is 18.7 Å². The number of likely N-dealkylation sites (tertiary alicyclic amines) is 1. The van der Waals surface area contributed by atoms with E-state index in [9.17, 15) is 14.7 Å². The van der Waals surface area contributed by atoms with Crippen molar-refractivity contribution in [3.63, 3.8) is 0 Å². The fraction of sp³-hybridized carbons (Fsp3) is 0.538.